The molecule has 14 heteroatoms. The number of carbonyl (C=O) groups is 3. The second kappa shape index (κ2) is 16.6. The van der Waals surface area contributed by atoms with Crippen molar-refractivity contribution < 1.29 is 53.8 Å². The molecule has 1 fully saturated rings. The van der Waals surface area contributed by atoms with Crippen molar-refractivity contribution in [1.29, 1.82) is 0 Å². The van der Waals surface area contributed by atoms with Crippen LogP contribution < -0.4 is 20.3 Å². The first-order valence-corrected chi connectivity index (χ1v) is 18.7. The van der Waals surface area contributed by atoms with Gasteiger partial charge in [0.2, 0.25) is 0 Å². The molecule has 0 spiro atoms. The Morgan fingerprint density at radius 2 is 1.64 bits per heavy atom. The van der Waals surface area contributed by atoms with Gasteiger partial charge in [0.25, 0.3) is 11.7 Å². The number of ether oxygens (including phenoxy) is 4. The molecule has 5 bridgehead atoms. The van der Waals surface area contributed by atoms with Crippen LogP contribution in [-0.4, -0.2) is 102 Å². The van der Waals surface area contributed by atoms with Crippen molar-refractivity contribution in [3.8, 4) is 17.2 Å². The molecule has 55 heavy (non-hydrogen) atoms. The average molecular weight is 766 g/mol. The summed E-state index contributed by atoms with van der Waals surface area (Å²) in [6, 6.07) is 1.59. The highest BCUT2D eigenvalue weighted by molar-refractivity contribution is 6.23. The van der Waals surface area contributed by atoms with E-state index in [1.165, 1.54) is 27.2 Å². The smallest absolute Gasteiger partial charge is 0.312 e. The Kier molecular flexibility index (Phi) is 12.5. The van der Waals surface area contributed by atoms with Gasteiger partial charge >= 0.3 is 11.8 Å². The third-order valence-corrected chi connectivity index (χ3v) is 11.3. The fraction of sp³-hybridized carbons (Fsp3) is 0.537. The number of piperazine rings is 1. The van der Waals surface area contributed by atoms with Gasteiger partial charge in [0.05, 0.1) is 41.2 Å². The van der Waals surface area contributed by atoms with Crippen LogP contribution >= 0.6 is 0 Å². The summed E-state index contributed by atoms with van der Waals surface area (Å²) < 4.78 is 23.8. The van der Waals surface area contributed by atoms with Crippen LogP contribution in [0, 0.1) is 30.6 Å². The number of aliphatic hydroxyl groups excluding tert-OH is 2. The molecule has 4 aliphatic heterocycles. The number of rotatable bonds is 3. The van der Waals surface area contributed by atoms with Crippen molar-refractivity contribution in [1.82, 2.24) is 5.32 Å². The molecule has 6 rings (SSSR count). The van der Waals surface area contributed by atoms with Crippen molar-refractivity contribution in [2.24, 2.45) is 23.7 Å². The minimum absolute atomic E-state index is 0.0201. The average Bonchev–Trinajstić information content (AvgIpc) is 3.42. The van der Waals surface area contributed by atoms with Crippen molar-refractivity contribution in [3.63, 3.8) is 0 Å². The van der Waals surface area contributed by atoms with Crippen LogP contribution in [0.2, 0.25) is 0 Å². The minimum atomic E-state index is -1.90. The number of phenolic OH excluding ortho intramolecular Hbond substituents is 2. The number of aliphatic hydroxyl groups is 2. The van der Waals surface area contributed by atoms with Crippen LogP contribution in [0.25, 0.3) is 10.8 Å². The maximum Gasteiger partial charge on any atom is 0.312 e. The first-order valence-electron chi connectivity index (χ1n) is 18.7. The molecule has 4 aliphatic rings. The molecule has 9 atom stereocenters. The Hall–Kier alpha value is -4.63. The van der Waals surface area contributed by atoms with E-state index in [0.29, 0.717) is 31.9 Å². The van der Waals surface area contributed by atoms with E-state index in [2.05, 4.69) is 10.6 Å². The highest BCUT2D eigenvalue weighted by Crippen LogP contribution is 2.54. The van der Waals surface area contributed by atoms with Crippen molar-refractivity contribution in [2.75, 3.05) is 43.5 Å². The Balaban J connectivity index is 1.69. The number of ketones is 1. The zero-order valence-corrected chi connectivity index (χ0v) is 33.0. The third kappa shape index (κ3) is 8.04. The van der Waals surface area contributed by atoms with Crippen molar-refractivity contribution in [2.45, 2.75) is 85.6 Å². The number of methoxy groups -OCH3 is 1. The van der Waals surface area contributed by atoms with E-state index in [-0.39, 0.29) is 44.7 Å². The van der Waals surface area contributed by atoms with Crippen molar-refractivity contribution in [3.05, 3.63) is 53.3 Å². The molecule has 2 aromatic carbocycles. The fourth-order valence-corrected chi connectivity index (χ4v) is 7.81. The van der Waals surface area contributed by atoms with Crippen molar-refractivity contribution >= 4 is 39.8 Å². The van der Waals surface area contributed by atoms with Crippen LogP contribution in [-0.2, 0) is 23.8 Å². The monoisotopic (exact) mass is 765 g/mol. The van der Waals surface area contributed by atoms with Gasteiger partial charge in [-0.05, 0) is 26.0 Å². The predicted octanol–water partition coefficient (Wildman–Crippen LogP) is 4.46. The van der Waals surface area contributed by atoms with Crippen LogP contribution in [0.5, 0.6) is 17.2 Å². The van der Waals surface area contributed by atoms with Gasteiger partial charge in [-0.3, -0.25) is 14.4 Å². The molecule has 0 aromatic heterocycles. The lowest BCUT2D eigenvalue weighted by molar-refractivity contribution is -0.160. The number of anilines is 2. The molecule has 0 saturated carbocycles. The standard InChI is InChI=1S/C41H55N3O11/c1-20-11-10-12-21(2)40(51)43-27-19-28(44-16-14-42-15-17-44)30-31(36(27)49)35(48)25(6)38-32(30)39(50)41(8,55-38)53-18-13-29(52-9)22(3)37(54-26(7)45)24(5)34(47)23(4)33(20)46/h10-13,18-20,22-24,29,33-34,37,42,46-49H,14-17H2,1-9H3,(H,43,51)/b11-10+,18-13+,21-12-/t20-,22+,23+,24-,29+,33+,34+,37+,41+/m1/s1. The summed E-state index contributed by atoms with van der Waals surface area (Å²) in [5.41, 5.74) is 1.12. The van der Waals surface area contributed by atoms with E-state index in [4.69, 9.17) is 18.9 Å². The molecule has 2 aromatic rings. The lowest BCUT2D eigenvalue weighted by atomic mass is 9.78. The zero-order chi connectivity index (χ0) is 40.5. The number of benzene rings is 2. The number of nitrogens with one attached hydrogen (secondary N) is 2. The summed E-state index contributed by atoms with van der Waals surface area (Å²) in [4.78, 5) is 42.4. The van der Waals surface area contributed by atoms with Gasteiger partial charge < -0.3 is 54.9 Å². The number of nitrogens with zero attached hydrogens (tertiary/aromatic N) is 1. The summed E-state index contributed by atoms with van der Waals surface area (Å²) in [6.45, 7) is 15.3. The van der Waals surface area contributed by atoms with E-state index < -0.39 is 77.3 Å². The summed E-state index contributed by atoms with van der Waals surface area (Å²) in [7, 11) is 1.47. The Morgan fingerprint density at radius 3 is 2.27 bits per heavy atom. The molecule has 0 unspecified atom stereocenters. The van der Waals surface area contributed by atoms with E-state index >= 15 is 0 Å². The van der Waals surface area contributed by atoms with Gasteiger partial charge in [-0.2, -0.15) is 0 Å². The number of amides is 1. The summed E-state index contributed by atoms with van der Waals surface area (Å²) in [5.74, 6) is -6.52. The normalized spacial score (nSPS) is 33.0. The van der Waals surface area contributed by atoms with Gasteiger partial charge in [-0.25, -0.2) is 0 Å². The molecule has 300 valence electrons. The van der Waals surface area contributed by atoms with Gasteiger partial charge in [0.15, 0.2) is 5.75 Å². The molecule has 14 nitrogen and oxygen atoms in total. The van der Waals surface area contributed by atoms with Gasteiger partial charge in [0, 0.05) is 93.0 Å². The SMILES string of the molecule is CO[C@H]1/C=C/O[C@@]2(C)Oc3c(C)c(O)c4c(O)c(cc(N5CCNCC5)c4c3C2=O)NC(=O)/C(C)=C\C=C\[C@@H](C)[C@H](O)[C@H](C)[C@H](O)[C@@H](C)[C@@H](OC(C)=O)[C@H]1C. The highest BCUT2D eigenvalue weighted by Gasteiger charge is 2.49. The van der Waals surface area contributed by atoms with Crippen LogP contribution in [0.3, 0.4) is 0 Å². The first kappa shape index (κ1) is 41.5. The third-order valence-electron chi connectivity index (χ3n) is 11.3. The van der Waals surface area contributed by atoms with Gasteiger partial charge in [-0.1, -0.05) is 45.9 Å². The van der Waals surface area contributed by atoms with Gasteiger partial charge in [0.1, 0.15) is 17.6 Å². The maximum atomic E-state index is 14.5. The second-order valence-corrected chi connectivity index (χ2v) is 15.2. The number of fused-ring (bicyclic) bond motifs is 14. The molecule has 0 aliphatic carbocycles. The molecule has 1 amide bonds. The molecular formula is C41H55N3O11. The highest BCUT2D eigenvalue weighted by atomic mass is 16.7. The molecule has 1 saturated heterocycles. The number of carbonyl (C=O) groups excluding carboxylic acids is 3. The maximum absolute atomic E-state index is 14.5. The van der Waals surface area contributed by atoms with Crippen LogP contribution in [0.1, 0.15) is 64.4 Å². The van der Waals surface area contributed by atoms with Crippen LogP contribution in [0.4, 0.5) is 11.4 Å². The Labute approximate surface area is 321 Å². The van der Waals surface area contributed by atoms with Gasteiger partial charge in [-0.15, -0.1) is 0 Å². The minimum Gasteiger partial charge on any atom is -0.507 e. The van der Waals surface area contributed by atoms with E-state index in [0.717, 1.165) is 0 Å². The lowest BCUT2D eigenvalue weighted by Crippen LogP contribution is -2.46. The van der Waals surface area contributed by atoms with E-state index in [1.54, 1.807) is 71.9 Å². The predicted molar refractivity (Wildman–Crippen MR) is 207 cm³/mol. The Morgan fingerprint density at radius 1 is 0.964 bits per heavy atom. The number of Topliss-reactive ketones (excluding diaryl/α,β-unsaturated/α-hetero) is 1. The largest absolute Gasteiger partial charge is 0.507 e. The van der Waals surface area contributed by atoms with E-state index in [1.807, 2.05) is 4.90 Å². The second-order valence-electron chi connectivity index (χ2n) is 15.2. The summed E-state index contributed by atoms with van der Waals surface area (Å²) >= 11 is 0. The number of aromatic hydroxyl groups is 2. The van der Waals surface area contributed by atoms with Crippen LogP contribution in [0.15, 0.2) is 42.2 Å². The number of phenols is 2. The first-order chi connectivity index (χ1) is 25.9. The number of esters is 1. The summed E-state index contributed by atoms with van der Waals surface area (Å²) in [6.07, 6.45) is 4.04. The topological polar surface area (TPSA) is 196 Å². The summed E-state index contributed by atoms with van der Waals surface area (Å²) in [5, 5.41) is 52.5. The molecule has 0 radical (unpaired) electrons. The molecule has 6 N–H and O–H groups in total. The number of allylic oxidation sites excluding steroid dienone is 2. The molecular weight excluding hydrogens is 710 g/mol. The fourth-order valence-electron chi connectivity index (χ4n) is 7.81. The van der Waals surface area contributed by atoms with E-state index in [9.17, 15) is 34.8 Å². The quantitative estimate of drug-likeness (QED) is 0.190. The lowest BCUT2D eigenvalue weighted by Gasteiger charge is -2.38. The number of hydrogen-bond acceptors (Lipinski definition) is 13. The molecule has 4 heterocycles. The zero-order valence-electron chi connectivity index (χ0n) is 33.0. The Bertz CT molecular complexity index is 1900. The number of hydrogen-bond donors (Lipinski definition) is 6.